The Morgan fingerprint density at radius 3 is 2.30 bits per heavy atom. The highest BCUT2D eigenvalue weighted by molar-refractivity contribution is 5.66. The lowest BCUT2D eigenvalue weighted by atomic mass is 9.78. The van der Waals surface area contributed by atoms with Gasteiger partial charge in [0.05, 0.1) is 18.6 Å². The number of rotatable bonds is 0. The number of carbonyl (C=O) groups is 1. The topological polar surface area (TPSA) is 49.4 Å². The molecule has 2 aliphatic heterocycles. The quantitative estimate of drug-likeness (QED) is 0.473. The van der Waals surface area contributed by atoms with Crippen molar-refractivity contribution in [2.24, 2.45) is 5.41 Å². The molecule has 0 saturated carbocycles. The van der Waals surface area contributed by atoms with Crippen molar-refractivity contribution >= 4 is 6.09 Å². The number of hydrogen-bond acceptors (Lipinski definition) is 2. The highest BCUT2D eigenvalue weighted by Crippen LogP contribution is 2.37. The van der Waals surface area contributed by atoms with E-state index in [1.54, 1.807) is 0 Å². The lowest BCUT2D eigenvalue weighted by molar-refractivity contribution is -0.180. The van der Waals surface area contributed by atoms with Crippen LogP contribution in [0.2, 0.25) is 0 Å². The molecular formula is C6H8NO3. The molecule has 0 aromatic heterocycles. The number of nitrogens with zero attached hydrogens (tertiary/aromatic N) is 1. The Bertz CT molecular complexity index is 168. The molecule has 0 aromatic rings. The van der Waals surface area contributed by atoms with Crippen molar-refractivity contribution in [3.63, 3.8) is 0 Å². The number of likely N-dealkylation sites (tertiary alicyclic amines) is 1. The zero-order valence-corrected chi connectivity index (χ0v) is 5.50. The Morgan fingerprint density at radius 1 is 1.40 bits per heavy atom. The molecule has 2 rings (SSSR count). The predicted molar refractivity (Wildman–Crippen MR) is 30.9 cm³/mol. The van der Waals surface area contributed by atoms with Gasteiger partial charge in [0.25, 0.3) is 0 Å². The van der Waals surface area contributed by atoms with E-state index in [0.717, 1.165) is 13.2 Å². The monoisotopic (exact) mass is 142 g/mol. The Labute approximate surface area is 58.4 Å². The summed E-state index contributed by atoms with van der Waals surface area (Å²) in [5, 5.41) is 10.2. The molecular weight excluding hydrogens is 134 g/mol. The minimum atomic E-state index is -1.06. The van der Waals surface area contributed by atoms with Crippen LogP contribution in [0.15, 0.2) is 0 Å². The van der Waals surface area contributed by atoms with E-state index in [-0.39, 0.29) is 5.41 Å². The van der Waals surface area contributed by atoms with Crippen LogP contribution in [0.1, 0.15) is 0 Å². The second-order valence-electron chi connectivity index (χ2n) is 3.11. The van der Waals surface area contributed by atoms with E-state index in [0.29, 0.717) is 13.1 Å². The molecule has 2 saturated heterocycles. The van der Waals surface area contributed by atoms with Crippen molar-refractivity contribution in [3.8, 4) is 0 Å². The first kappa shape index (κ1) is 5.97. The minimum Gasteiger partial charge on any atom is -0.380 e. The van der Waals surface area contributed by atoms with Crippen molar-refractivity contribution < 1.29 is 14.6 Å². The zero-order chi connectivity index (χ0) is 7.19. The molecule has 4 heteroatoms. The van der Waals surface area contributed by atoms with Gasteiger partial charge in [-0.25, -0.2) is 9.90 Å². The van der Waals surface area contributed by atoms with Gasteiger partial charge in [-0.15, -0.1) is 0 Å². The second-order valence-corrected chi connectivity index (χ2v) is 3.11. The summed E-state index contributed by atoms with van der Waals surface area (Å²) in [6.45, 7) is 2.65. The lowest BCUT2D eigenvalue weighted by Crippen LogP contribution is -2.66. The van der Waals surface area contributed by atoms with Crippen LogP contribution in [0.3, 0.4) is 0 Å². The van der Waals surface area contributed by atoms with Gasteiger partial charge in [-0.1, -0.05) is 0 Å². The molecule has 1 amide bonds. The van der Waals surface area contributed by atoms with Crippen molar-refractivity contribution in [3.05, 3.63) is 0 Å². The van der Waals surface area contributed by atoms with Crippen molar-refractivity contribution in [2.75, 3.05) is 26.3 Å². The fourth-order valence-electron chi connectivity index (χ4n) is 1.47. The molecule has 1 radical (unpaired) electrons. The molecule has 2 fully saturated rings. The smallest absolute Gasteiger partial charge is 0.380 e. The number of ether oxygens (including phenoxy) is 1. The summed E-state index contributed by atoms with van der Waals surface area (Å²) in [6.07, 6.45) is -1.06. The molecule has 1 spiro atoms. The lowest BCUT2D eigenvalue weighted by Gasteiger charge is -2.53. The summed E-state index contributed by atoms with van der Waals surface area (Å²) in [5.74, 6) is 0. The van der Waals surface area contributed by atoms with Crippen LogP contribution in [0.5, 0.6) is 0 Å². The van der Waals surface area contributed by atoms with Crippen LogP contribution in [0, 0.1) is 5.41 Å². The van der Waals surface area contributed by atoms with E-state index in [2.05, 4.69) is 0 Å². The Morgan fingerprint density at radius 2 is 2.00 bits per heavy atom. The molecule has 2 heterocycles. The number of amides is 1. The Balaban J connectivity index is 1.88. The third-order valence-electron chi connectivity index (χ3n) is 2.13. The first-order valence-electron chi connectivity index (χ1n) is 3.26. The van der Waals surface area contributed by atoms with Crippen LogP contribution in [0.4, 0.5) is 4.79 Å². The summed E-state index contributed by atoms with van der Waals surface area (Å²) < 4.78 is 4.97. The summed E-state index contributed by atoms with van der Waals surface area (Å²) in [4.78, 5) is 11.5. The van der Waals surface area contributed by atoms with Crippen molar-refractivity contribution in [1.82, 2.24) is 4.90 Å². The molecule has 0 bridgehead atoms. The number of hydrogen-bond donors (Lipinski definition) is 0. The molecule has 0 atom stereocenters. The molecule has 10 heavy (non-hydrogen) atoms. The third kappa shape index (κ3) is 0.623. The van der Waals surface area contributed by atoms with E-state index in [1.165, 1.54) is 4.90 Å². The van der Waals surface area contributed by atoms with Crippen molar-refractivity contribution in [2.45, 2.75) is 0 Å². The van der Waals surface area contributed by atoms with Gasteiger partial charge in [0.15, 0.2) is 0 Å². The largest absolute Gasteiger partial charge is 0.453 e. The van der Waals surface area contributed by atoms with Gasteiger partial charge in [-0.3, -0.25) is 0 Å². The van der Waals surface area contributed by atoms with Crippen LogP contribution < -0.4 is 0 Å². The van der Waals surface area contributed by atoms with Gasteiger partial charge in [-0.2, -0.15) is 0 Å². The average Bonchev–Trinajstić information content (AvgIpc) is 1.54. The average molecular weight is 142 g/mol. The summed E-state index contributed by atoms with van der Waals surface area (Å²) in [7, 11) is 0. The maximum atomic E-state index is 10.2. The SMILES string of the molecule is [O]C(=O)N1CC2(COC2)C1. The van der Waals surface area contributed by atoms with E-state index in [9.17, 15) is 9.90 Å². The Hall–Kier alpha value is -0.770. The molecule has 55 valence electrons. The highest BCUT2D eigenvalue weighted by atomic mass is 16.5. The van der Waals surface area contributed by atoms with Gasteiger partial charge in [-0.05, 0) is 0 Å². The summed E-state index contributed by atoms with van der Waals surface area (Å²) >= 11 is 0. The third-order valence-corrected chi connectivity index (χ3v) is 2.13. The van der Waals surface area contributed by atoms with E-state index in [4.69, 9.17) is 4.74 Å². The van der Waals surface area contributed by atoms with Gasteiger partial charge >= 0.3 is 6.09 Å². The fourth-order valence-corrected chi connectivity index (χ4v) is 1.47. The van der Waals surface area contributed by atoms with E-state index < -0.39 is 6.09 Å². The Kier molecular flexibility index (Phi) is 0.976. The molecule has 4 nitrogen and oxygen atoms in total. The van der Waals surface area contributed by atoms with E-state index >= 15 is 0 Å². The van der Waals surface area contributed by atoms with Gasteiger partial charge in [0.1, 0.15) is 0 Å². The highest BCUT2D eigenvalue weighted by Gasteiger charge is 2.51. The second kappa shape index (κ2) is 1.63. The van der Waals surface area contributed by atoms with E-state index in [1.807, 2.05) is 0 Å². The standard InChI is InChI=1S/C6H8NO3/c8-5(9)7-1-6(2-7)3-10-4-6/h1-4H2. The summed E-state index contributed by atoms with van der Waals surface area (Å²) in [5.41, 5.74) is 0.181. The predicted octanol–water partition coefficient (Wildman–Crippen LogP) is -0.131. The van der Waals surface area contributed by atoms with Crippen LogP contribution in [0.25, 0.3) is 0 Å². The van der Waals surface area contributed by atoms with Crippen LogP contribution >= 0.6 is 0 Å². The molecule has 0 unspecified atom stereocenters. The first-order valence-corrected chi connectivity index (χ1v) is 3.26. The van der Waals surface area contributed by atoms with Crippen LogP contribution in [-0.4, -0.2) is 37.3 Å². The van der Waals surface area contributed by atoms with Gasteiger partial charge in [0.2, 0.25) is 0 Å². The molecule has 0 N–H and O–H groups in total. The first-order chi connectivity index (χ1) is 4.72. The normalized spacial score (nSPS) is 27.4. The molecule has 2 aliphatic rings. The maximum absolute atomic E-state index is 10.2. The molecule has 0 aromatic carbocycles. The van der Waals surface area contributed by atoms with Gasteiger partial charge < -0.3 is 9.64 Å². The summed E-state index contributed by atoms with van der Waals surface area (Å²) in [6, 6.07) is 0. The van der Waals surface area contributed by atoms with Crippen molar-refractivity contribution in [1.29, 1.82) is 0 Å². The van der Waals surface area contributed by atoms with Crippen LogP contribution in [-0.2, 0) is 9.84 Å². The molecule has 0 aliphatic carbocycles. The zero-order valence-electron chi connectivity index (χ0n) is 5.50. The maximum Gasteiger partial charge on any atom is 0.453 e. The number of carbonyl (C=O) groups excluding carboxylic acids is 1. The van der Waals surface area contributed by atoms with Gasteiger partial charge in [0, 0.05) is 13.1 Å². The minimum absolute atomic E-state index is 0.181. The fraction of sp³-hybridized carbons (Fsp3) is 0.833.